The number of hydrogen-bond donors (Lipinski definition) is 1. The van der Waals surface area contributed by atoms with Gasteiger partial charge in [0, 0.05) is 6.42 Å². The molecule has 1 atom stereocenters. The molecule has 18 heavy (non-hydrogen) atoms. The van der Waals surface area contributed by atoms with Crippen molar-refractivity contribution in [1.29, 1.82) is 0 Å². The van der Waals surface area contributed by atoms with E-state index in [-0.39, 0.29) is 10.8 Å². The fourth-order valence-corrected chi connectivity index (χ4v) is 1.78. The maximum atomic E-state index is 11.2. The first-order valence-electron chi connectivity index (χ1n) is 5.91. The number of H-pyrrole nitrogens is 1. The van der Waals surface area contributed by atoms with Gasteiger partial charge in [0.2, 0.25) is 0 Å². The third-order valence-corrected chi connectivity index (χ3v) is 2.94. The average molecular weight is 311 g/mol. The molecule has 2 aromatic rings. The van der Waals surface area contributed by atoms with Crippen LogP contribution in [0.25, 0.3) is 11.0 Å². The molecule has 1 unspecified atom stereocenters. The largest absolute Gasteiger partial charge is 0.465 e. The van der Waals surface area contributed by atoms with Gasteiger partial charge in [0.15, 0.2) is 0 Å². The van der Waals surface area contributed by atoms with Gasteiger partial charge in [-0.25, -0.2) is 4.98 Å². The van der Waals surface area contributed by atoms with Gasteiger partial charge in [-0.1, -0.05) is 28.1 Å². The molecule has 2 rings (SSSR count). The highest BCUT2D eigenvalue weighted by Crippen LogP contribution is 2.11. The van der Waals surface area contributed by atoms with Gasteiger partial charge >= 0.3 is 5.97 Å². The number of hydrogen-bond acceptors (Lipinski definition) is 3. The third-order valence-electron chi connectivity index (χ3n) is 2.57. The molecule has 0 radical (unpaired) electrons. The van der Waals surface area contributed by atoms with Gasteiger partial charge in [-0.2, -0.15) is 0 Å². The topological polar surface area (TPSA) is 55.0 Å². The van der Waals surface area contributed by atoms with Gasteiger partial charge in [-0.3, -0.25) is 4.79 Å². The number of halogens is 1. The fourth-order valence-electron chi connectivity index (χ4n) is 1.65. The Balaban J connectivity index is 1.82. The molecule has 0 bridgehead atoms. The molecule has 0 fully saturated rings. The zero-order valence-corrected chi connectivity index (χ0v) is 11.7. The van der Waals surface area contributed by atoms with Crippen LogP contribution in [0.4, 0.5) is 0 Å². The molecule has 1 heterocycles. The minimum atomic E-state index is -0.247. The standard InChI is InChI=1S/C13H15BrN2O2/c1-9(14)13(17)18-8-4-7-12-15-10-5-2-3-6-11(10)16-12/h2-3,5-6,9H,4,7-8H2,1H3,(H,15,16). The highest BCUT2D eigenvalue weighted by Gasteiger charge is 2.09. The quantitative estimate of drug-likeness (QED) is 0.525. The van der Waals surface area contributed by atoms with Crippen LogP contribution in [0.1, 0.15) is 19.2 Å². The Morgan fingerprint density at radius 1 is 1.50 bits per heavy atom. The van der Waals surface area contributed by atoms with Crippen molar-refractivity contribution in [3.05, 3.63) is 30.1 Å². The molecular formula is C13H15BrN2O2. The molecule has 5 heteroatoms. The van der Waals surface area contributed by atoms with Crippen molar-refractivity contribution < 1.29 is 9.53 Å². The molecule has 1 aromatic carbocycles. The fraction of sp³-hybridized carbons (Fsp3) is 0.385. The van der Waals surface area contributed by atoms with E-state index < -0.39 is 0 Å². The smallest absolute Gasteiger partial charge is 0.319 e. The van der Waals surface area contributed by atoms with Crippen LogP contribution in [0.5, 0.6) is 0 Å². The molecule has 0 aliphatic heterocycles. The summed E-state index contributed by atoms with van der Waals surface area (Å²) in [5.41, 5.74) is 2.01. The predicted molar refractivity (Wildman–Crippen MR) is 73.8 cm³/mol. The summed E-state index contributed by atoms with van der Waals surface area (Å²) in [6, 6.07) is 7.91. The SMILES string of the molecule is CC(Br)C(=O)OCCCc1nc2ccccc2[nH]1. The van der Waals surface area contributed by atoms with Crippen molar-refractivity contribution in [2.45, 2.75) is 24.6 Å². The molecule has 0 spiro atoms. The second kappa shape index (κ2) is 6.00. The van der Waals surface area contributed by atoms with Crippen LogP contribution in [0, 0.1) is 0 Å². The predicted octanol–water partition coefficient (Wildman–Crippen LogP) is 2.82. The molecular weight excluding hydrogens is 296 g/mol. The number of carbonyl (C=O) groups is 1. The van der Waals surface area contributed by atoms with Crippen molar-refractivity contribution in [1.82, 2.24) is 9.97 Å². The molecule has 0 amide bonds. The summed E-state index contributed by atoms with van der Waals surface area (Å²) in [6.07, 6.45) is 1.55. The average Bonchev–Trinajstić information content (AvgIpc) is 2.76. The Labute approximate surface area is 114 Å². The first-order chi connectivity index (χ1) is 8.66. The van der Waals surface area contributed by atoms with Gasteiger partial charge in [-0.05, 0) is 25.5 Å². The minimum absolute atomic E-state index is 0.223. The van der Waals surface area contributed by atoms with E-state index >= 15 is 0 Å². The number of benzene rings is 1. The van der Waals surface area contributed by atoms with E-state index in [0.29, 0.717) is 6.61 Å². The summed E-state index contributed by atoms with van der Waals surface area (Å²) in [6.45, 7) is 2.17. The van der Waals surface area contributed by atoms with Crippen LogP contribution in [-0.4, -0.2) is 27.4 Å². The molecule has 0 saturated heterocycles. The summed E-state index contributed by atoms with van der Waals surface area (Å²) in [4.78, 5) is 18.7. The van der Waals surface area contributed by atoms with Crippen LogP contribution in [0.3, 0.4) is 0 Å². The number of aromatic amines is 1. The van der Waals surface area contributed by atoms with E-state index in [9.17, 15) is 4.79 Å². The number of rotatable bonds is 5. The monoisotopic (exact) mass is 310 g/mol. The number of nitrogens with one attached hydrogen (secondary N) is 1. The van der Waals surface area contributed by atoms with Crippen LogP contribution < -0.4 is 0 Å². The zero-order chi connectivity index (χ0) is 13.0. The van der Waals surface area contributed by atoms with Gasteiger partial charge in [0.05, 0.1) is 17.6 Å². The zero-order valence-electron chi connectivity index (χ0n) is 10.1. The van der Waals surface area contributed by atoms with E-state index in [4.69, 9.17) is 4.74 Å². The lowest BCUT2D eigenvalue weighted by molar-refractivity contribution is -0.142. The first kappa shape index (κ1) is 13.1. The number of esters is 1. The van der Waals surface area contributed by atoms with Crippen LogP contribution in [0.15, 0.2) is 24.3 Å². The Kier molecular flexibility index (Phi) is 4.36. The normalized spacial score (nSPS) is 12.6. The Morgan fingerprint density at radius 3 is 3.00 bits per heavy atom. The highest BCUT2D eigenvalue weighted by molar-refractivity contribution is 9.10. The van der Waals surface area contributed by atoms with Crippen molar-refractivity contribution in [3.8, 4) is 0 Å². The van der Waals surface area contributed by atoms with Gasteiger partial charge < -0.3 is 9.72 Å². The Morgan fingerprint density at radius 2 is 2.28 bits per heavy atom. The number of alkyl halides is 1. The van der Waals surface area contributed by atoms with Crippen molar-refractivity contribution in [2.75, 3.05) is 6.61 Å². The highest BCUT2D eigenvalue weighted by atomic mass is 79.9. The van der Waals surface area contributed by atoms with Crippen LogP contribution in [-0.2, 0) is 16.0 Å². The summed E-state index contributed by atoms with van der Waals surface area (Å²) < 4.78 is 5.07. The summed E-state index contributed by atoms with van der Waals surface area (Å²) in [7, 11) is 0. The second-order valence-corrected chi connectivity index (χ2v) is 5.46. The lowest BCUT2D eigenvalue weighted by Gasteiger charge is -2.04. The Bertz CT molecular complexity index is 504. The minimum Gasteiger partial charge on any atom is -0.465 e. The van der Waals surface area contributed by atoms with E-state index in [1.165, 1.54) is 0 Å². The summed E-state index contributed by atoms with van der Waals surface area (Å²) >= 11 is 3.17. The van der Waals surface area contributed by atoms with E-state index in [1.54, 1.807) is 6.92 Å². The van der Waals surface area contributed by atoms with E-state index in [0.717, 1.165) is 29.7 Å². The summed E-state index contributed by atoms with van der Waals surface area (Å²) in [5, 5.41) is 0. The third kappa shape index (κ3) is 3.32. The molecule has 0 aliphatic rings. The maximum absolute atomic E-state index is 11.2. The van der Waals surface area contributed by atoms with Gasteiger partial charge in [-0.15, -0.1) is 0 Å². The Hall–Kier alpha value is -1.36. The molecule has 0 saturated carbocycles. The van der Waals surface area contributed by atoms with Crippen molar-refractivity contribution in [2.24, 2.45) is 0 Å². The molecule has 1 aromatic heterocycles. The number of ether oxygens (including phenoxy) is 1. The number of carbonyl (C=O) groups excluding carboxylic acids is 1. The van der Waals surface area contributed by atoms with Gasteiger partial charge in [0.1, 0.15) is 10.7 Å². The number of aryl methyl sites for hydroxylation is 1. The van der Waals surface area contributed by atoms with E-state index in [2.05, 4.69) is 25.9 Å². The van der Waals surface area contributed by atoms with Crippen molar-refractivity contribution >= 4 is 32.9 Å². The lowest BCUT2D eigenvalue weighted by atomic mass is 10.3. The number of imidazole rings is 1. The van der Waals surface area contributed by atoms with Crippen LogP contribution in [0.2, 0.25) is 0 Å². The van der Waals surface area contributed by atoms with Crippen LogP contribution >= 0.6 is 15.9 Å². The molecule has 0 aliphatic carbocycles. The van der Waals surface area contributed by atoms with E-state index in [1.807, 2.05) is 24.3 Å². The summed E-state index contributed by atoms with van der Waals surface area (Å²) in [5.74, 6) is 0.707. The van der Waals surface area contributed by atoms with Crippen molar-refractivity contribution in [3.63, 3.8) is 0 Å². The number of aromatic nitrogens is 2. The maximum Gasteiger partial charge on any atom is 0.319 e. The molecule has 96 valence electrons. The second-order valence-electron chi connectivity index (χ2n) is 4.09. The lowest BCUT2D eigenvalue weighted by Crippen LogP contribution is -2.14. The first-order valence-corrected chi connectivity index (χ1v) is 6.82. The number of para-hydroxylation sites is 2. The number of fused-ring (bicyclic) bond motifs is 1. The molecule has 4 nitrogen and oxygen atoms in total. The molecule has 1 N–H and O–H groups in total. The number of nitrogens with zero attached hydrogens (tertiary/aromatic N) is 1. The van der Waals surface area contributed by atoms with Gasteiger partial charge in [0.25, 0.3) is 0 Å².